The molecule has 1 aliphatic rings. The fourth-order valence-corrected chi connectivity index (χ4v) is 3.90. The zero-order valence-corrected chi connectivity index (χ0v) is 19.2. The van der Waals surface area contributed by atoms with E-state index in [0.29, 0.717) is 5.69 Å². The van der Waals surface area contributed by atoms with Crippen molar-refractivity contribution in [1.82, 2.24) is 19.7 Å². The van der Waals surface area contributed by atoms with E-state index in [1.807, 2.05) is 50.2 Å². The van der Waals surface area contributed by atoms with Crippen molar-refractivity contribution in [1.29, 1.82) is 0 Å². The second kappa shape index (κ2) is 10.4. The lowest BCUT2D eigenvalue weighted by molar-refractivity contribution is -0.116. The molecule has 172 valence electrons. The van der Waals surface area contributed by atoms with Gasteiger partial charge in [0, 0.05) is 30.4 Å². The number of aromatic nitrogens is 4. The maximum Gasteiger partial charge on any atom is 0.254 e. The van der Waals surface area contributed by atoms with Crippen molar-refractivity contribution in [3.63, 3.8) is 0 Å². The highest BCUT2D eigenvalue weighted by Crippen LogP contribution is 2.22. The van der Waals surface area contributed by atoms with Crippen molar-refractivity contribution in [2.75, 3.05) is 23.3 Å². The van der Waals surface area contributed by atoms with E-state index in [-0.39, 0.29) is 23.9 Å². The molecule has 4 rings (SSSR count). The standard InChI is InChI=1S/C25H30N6O2/c1-18(2)22-15-25(33)31(17-26-22)16-24(32)27-20-9-7-19(8-10-20)21-11-12-23(29-28-21)30-13-5-3-4-6-14-30/h7-12,15,17-18H,3-6,13-14,16H2,1-2H3,(H,27,32). The third-order valence-electron chi connectivity index (χ3n) is 5.85. The lowest BCUT2D eigenvalue weighted by Gasteiger charge is -2.20. The molecule has 8 heteroatoms. The Kier molecular flexibility index (Phi) is 7.12. The minimum absolute atomic E-state index is 0.0879. The highest BCUT2D eigenvalue weighted by molar-refractivity contribution is 5.90. The van der Waals surface area contributed by atoms with Crippen LogP contribution in [0.4, 0.5) is 11.5 Å². The maximum atomic E-state index is 12.4. The van der Waals surface area contributed by atoms with Crippen LogP contribution in [0.2, 0.25) is 0 Å². The number of anilines is 2. The molecule has 1 fully saturated rings. The van der Waals surface area contributed by atoms with Crippen molar-refractivity contribution >= 4 is 17.4 Å². The molecule has 3 aromatic rings. The molecule has 0 aliphatic carbocycles. The second-order valence-electron chi connectivity index (χ2n) is 8.74. The number of nitrogens with zero attached hydrogens (tertiary/aromatic N) is 5. The van der Waals surface area contributed by atoms with Crippen molar-refractivity contribution in [2.24, 2.45) is 0 Å². The molecule has 2 aromatic heterocycles. The van der Waals surface area contributed by atoms with Crippen LogP contribution in [0.3, 0.4) is 0 Å². The van der Waals surface area contributed by atoms with Crippen molar-refractivity contribution < 1.29 is 4.79 Å². The van der Waals surface area contributed by atoms with E-state index in [2.05, 4.69) is 25.4 Å². The van der Waals surface area contributed by atoms with Gasteiger partial charge in [0.1, 0.15) is 6.54 Å². The largest absolute Gasteiger partial charge is 0.355 e. The van der Waals surface area contributed by atoms with Crippen molar-refractivity contribution in [2.45, 2.75) is 52.0 Å². The molecule has 0 bridgehead atoms. The van der Waals surface area contributed by atoms with Gasteiger partial charge in [0.05, 0.1) is 17.7 Å². The summed E-state index contributed by atoms with van der Waals surface area (Å²) in [6, 6.07) is 12.9. The zero-order chi connectivity index (χ0) is 23.2. The molecule has 33 heavy (non-hydrogen) atoms. The van der Waals surface area contributed by atoms with Crippen molar-refractivity contribution in [3.05, 3.63) is 64.8 Å². The van der Waals surface area contributed by atoms with Crippen LogP contribution in [-0.4, -0.2) is 38.7 Å². The summed E-state index contributed by atoms with van der Waals surface area (Å²) in [5.74, 6) is 0.802. The van der Waals surface area contributed by atoms with Crippen LogP contribution in [0.5, 0.6) is 0 Å². The molecular formula is C25H30N6O2. The number of amides is 1. The van der Waals surface area contributed by atoms with Gasteiger partial charge in [-0.25, -0.2) is 4.98 Å². The predicted octanol–water partition coefficient (Wildman–Crippen LogP) is 3.84. The molecular weight excluding hydrogens is 416 g/mol. The Morgan fingerprint density at radius 3 is 2.33 bits per heavy atom. The van der Waals surface area contributed by atoms with Crippen molar-refractivity contribution in [3.8, 4) is 11.3 Å². The van der Waals surface area contributed by atoms with Gasteiger partial charge in [-0.1, -0.05) is 38.8 Å². The van der Waals surface area contributed by atoms with Crippen LogP contribution in [0.25, 0.3) is 11.3 Å². The van der Waals surface area contributed by atoms with Crippen LogP contribution in [0, 0.1) is 0 Å². The van der Waals surface area contributed by atoms with Crippen LogP contribution in [0.15, 0.2) is 53.6 Å². The molecule has 0 saturated carbocycles. The van der Waals surface area contributed by atoms with Gasteiger partial charge in [-0.2, -0.15) is 0 Å². The van der Waals surface area contributed by atoms with Gasteiger partial charge in [-0.3, -0.25) is 14.2 Å². The number of benzene rings is 1. The summed E-state index contributed by atoms with van der Waals surface area (Å²) in [5, 5.41) is 11.7. The van der Waals surface area contributed by atoms with Crippen LogP contribution < -0.4 is 15.8 Å². The third-order valence-corrected chi connectivity index (χ3v) is 5.85. The minimum Gasteiger partial charge on any atom is -0.355 e. The van der Waals surface area contributed by atoms with Gasteiger partial charge in [-0.15, -0.1) is 10.2 Å². The lowest BCUT2D eigenvalue weighted by atomic mass is 10.1. The molecule has 1 saturated heterocycles. The first-order valence-electron chi connectivity index (χ1n) is 11.5. The minimum atomic E-state index is -0.287. The lowest BCUT2D eigenvalue weighted by Crippen LogP contribution is -2.28. The Hall–Kier alpha value is -3.55. The summed E-state index contributed by atoms with van der Waals surface area (Å²) < 4.78 is 1.30. The molecule has 0 radical (unpaired) electrons. The van der Waals surface area contributed by atoms with Crippen LogP contribution in [0.1, 0.15) is 51.1 Å². The fourth-order valence-electron chi connectivity index (χ4n) is 3.90. The zero-order valence-electron chi connectivity index (χ0n) is 19.2. The van der Waals surface area contributed by atoms with Gasteiger partial charge >= 0.3 is 0 Å². The van der Waals surface area contributed by atoms with E-state index in [9.17, 15) is 9.59 Å². The molecule has 1 aromatic carbocycles. The van der Waals surface area contributed by atoms with Gasteiger partial charge in [0.25, 0.3) is 5.56 Å². The third kappa shape index (κ3) is 5.83. The molecule has 8 nitrogen and oxygen atoms in total. The van der Waals surface area contributed by atoms with E-state index in [4.69, 9.17) is 0 Å². The Balaban J connectivity index is 1.37. The Morgan fingerprint density at radius 2 is 1.73 bits per heavy atom. The summed E-state index contributed by atoms with van der Waals surface area (Å²) in [6.45, 7) is 5.92. The molecule has 1 amide bonds. The topological polar surface area (TPSA) is 93.0 Å². The monoisotopic (exact) mass is 446 g/mol. The molecule has 0 unspecified atom stereocenters. The summed E-state index contributed by atoms with van der Waals surface area (Å²) in [4.78, 5) is 31.2. The smallest absolute Gasteiger partial charge is 0.254 e. The summed E-state index contributed by atoms with van der Waals surface area (Å²) in [6.07, 6.45) is 6.39. The Labute approximate surface area is 193 Å². The highest BCUT2D eigenvalue weighted by atomic mass is 16.2. The molecule has 0 spiro atoms. The number of carbonyl (C=O) groups excluding carboxylic acids is 1. The fraction of sp³-hybridized carbons (Fsp3) is 0.400. The average Bonchev–Trinajstić information content (AvgIpc) is 3.11. The Morgan fingerprint density at radius 1 is 1.00 bits per heavy atom. The van der Waals surface area contributed by atoms with Gasteiger partial charge in [0.2, 0.25) is 5.91 Å². The van der Waals surface area contributed by atoms with E-state index < -0.39 is 0 Å². The first-order chi connectivity index (χ1) is 16.0. The molecule has 1 aliphatic heterocycles. The van der Waals surface area contributed by atoms with Gasteiger partial charge < -0.3 is 10.2 Å². The number of rotatable bonds is 6. The summed E-state index contributed by atoms with van der Waals surface area (Å²) >= 11 is 0. The second-order valence-corrected chi connectivity index (χ2v) is 8.74. The maximum absolute atomic E-state index is 12.4. The van der Waals surface area contributed by atoms with Crippen LogP contribution in [-0.2, 0) is 11.3 Å². The number of hydrogen-bond acceptors (Lipinski definition) is 6. The van der Waals surface area contributed by atoms with E-state index in [1.54, 1.807) is 0 Å². The normalized spacial score (nSPS) is 14.2. The quantitative estimate of drug-likeness (QED) is 0.618. The number of carbonyl (C=O) groups is 1. The average molecular weight is 447 g/mol. The SMILES string of the molecule is CC(C)c1cc(=O)n(CC(=O)Nc2ccc(-c3ccc(N4CCCCCC4)nn3)cc2)cn1. The van der Waals surface area contributed by atoms with Gasteiger partial charge in [0.15, 0.2) is 5.82 Å². The first kappa shape index (κ1) is 22.6. The van der Waals surface area contributed by atoms with E-state index in [0.717, 1.165) is 35.9 Å². The molecule has 1 N–H and O–H groups in total. The van der Waals surface area contributed by atoms with Gasteiger partial charge in [-0.05, 0) is 43.0 Å². The van der Waals surface area contributed by atoms with E-state index >= 15 is 0 Å². The Bertz CT molecular complexity index is 1130. The van der Waals surface area contributed by atoms with E-state index in [1.165, 1.54) is 42.6 Å². The predicted molar refractivity (Wildman–Crippen MR) is 129 cm³/mol. The molecule has 0 atom stereocenters. The van der Waals surface area contributed by atoms with Crippen LogP contribution >= 0.6 is 0 Å². The molecule has 3 heterocycles. The number of hydrogen-bond donors (Lipinski definition) is 1. The summed E-state index contributed by atoms with van der Waals surface area (Å²) in [5.41, 5.74) is 2.84. The first-order valence-corrected chi connectivity index (χ1v) is 11.5. The summed E-state index contributed by atoms with van der Waals surface area (Å²) in [7, 11) is 0. The number of nitrogens with one attached hydrogen (secondary N) is 1. The highest BCUT2D eigenvalue weighted by Gasteiger charge is 2.12.